The molecule has 1 aromatic rings. The van der Waals surface area contributed by atoms with Crippen molar-refractivity contribution in [2.45, 2.75) is 31.0 Å². The molecule has 0 bridgehead atoms. The van der Waals surface area contributed by atoms with E-state index >= 15 is 0 Å². The molecule has 0 saturated carbocycles. The van der Waals surface area contributed by atoms with E-state index in [-0.39, 0.29) is 41.8 Å². The third kappa shape index (κ3) is 13.8. The number of halogens is 2. The van der Waals surface area contributed by atoms with E-state index < -0.39 is 76.2 Å². The number of hydrogen-bond acceptors (Lipinski definition) is 9. The van der Waals surface area contributed by atoms with Crippen molar-refractivity contribution in [1.82, 2.24) is 21.2 Å². The zero-order valence-electron chi connectivity index (χ0n) is 21.8. The third-order valence-electron chi connectivity index (χ3n) is 5.32. The third-order valence-corrected chi connectivity index (χ3v) is 7.29. The van der Waals surface area contributed by atoms with Gasteiger partial charge in [0, 0.05) is 23.8 Å². The van der Waals surface area contributed by atoms with E-state index in [0.29, 0.717) is 0 Å². The monoisotopic (exact) mass is 643 g/mol. The summed E-state index contributed by atoms with van der Waals surface area (Å²) in [7, 11) is -4.16. The Hall–Kier alpha value is -3.25. The number of hydrogen-bond donors (Lipinski definition) is 6. The van der Waals surface area contributed by atoms with Gasteiger partial charge in [-0.05, 0) is 12.0 Å². The predicted molar refractivity (Wildman–Crippen MR) is 146 cm³/mol. The molecule has 0 aromatic heterocycles. The number of carboxylic acid groups (broad SMARTS) is 2. The van der Waals surface area contributed by atoms with Crippen molar-refractivity contribution in [2.75, 3.05) is 43.0 Å². The van der Waals surface area contributed by atoms with Gasteiger partial charge in [-0.15, -0.1) is 28.2 Å². The molecule has 0 radical (unpaired) electrons. The van der Waals surface area contributed by atoms with E-state index in [0.717, 1.165) is 5.01 Å². The molecule has 3 atom stereocenters. The topological polar surface area (TPSA) is 238 Å². The number of alkyl halides is 2. The van der Waals surface area contributed by atoms with E-state index in [9.17, 15) is 37.6 Å². The molecule has 0 aliphatic heterocycles. The SMILES string of the molecule is N[C@@H](CCC(=O)N[C@@H](CS(=O)(=O)CCON[N+](=O)N(CCCl)CCCl)C(=O)N[C@@H](C(=O)O)c1ccccc1)C(=O)O. The summed E-state index contributed by atoms with van der Waals surface area (Å²) in [6.45, 7) is -0.296. The normalized spacial score (nSPS) is 13.3. The predicted octanol–water partition coefficient (Wildman–Crippen LogP) is -1.07. The van der Waals surface area contributed by atoms with E-state index in [1.165, 1.54) is 24.3 Å². The maximum absolute atomic E-state index is 13.0. The summed E-state index contributed by atoms with van der Waals surface area (Å²) in [5.41, 5.74) is 7.54. The van der Waals surface area contributed by atoms with Gasteiger partial charge in [-0.25, -0.2) is 18.0 Å². The summed E-state index contributed by atoms with van der Waals surface area (Å²) in [6, 6.07) is 2.86. The second kappa shape index (κ2) is 18.2. The Morgan fingerprint density at radius 1 is 1.02 bits per heavy atom. The van der Waals surface area contributed by atoms with Crippen molar-refractivity contribution in [3.05, 3.63) is 40.8 Å². The first-order valence-electron chi connectivity index (χ1n) is 12.1. The fourth-order valence-electron chi connectivity index (χ4n) is 3.19. The second-order valence-corrected chi connectivity index (χ2v) is 11.4. The van der Waals surface area contributed by atoms with E-state index in [2.05, 4.69) is 10.6 Å². The Morgan fingerprint density at radius 2 is 1.63 bits per heavy atom. The number of hydrazine groups is 2. The van der Waals surface area contributed by atoms with Gasteiger partial charge in [0.2, 0.25) is 11.8 Å². The molecule has 41 heavy (non-hydrogen) atoms. The smallest absolute Gasteiger partial charge is 0.330 e. The minimum absolute atomic E-state index is 0.107. The molecule has 7 N–H and O–H groups in total. The average molecular weight is 645 g/mol. The summed E-state index contributed by atoms with van der Waals surface area (Å²) in [5.74, 6) is -6.27. The standard InChI is InChI=1S/C22H32Cl2N6O10S/c23-8-10-29(11-9-24)30(37)28-40-12-13-41(38,39)14-17(26-18(31)7-6-16(25)21(33)34)20(32)27-19(22(35)36)15-4-2-1-3-5-15/h1-5,16-17,19H,6-14,25H2,(H4-,26,27,28,31,32,33,34,35,36,37)/p+1/t16-,17-,19+/m0/s1. The minimum Gasteiger partial charge on any atom is -0.480 e. The lowest BCUT2D eigenvalue weighted by molar-refractivity contribution is -0.787. The number of nitrogens with zero attached hydrogens (tertiary/aromatic N) is 2. The van der Waals surface area contributed by atoms with E-state index in [4.69, 9.17) is 38.9 Å². The Labute approximate surface area is 245 Å². The highest BCUT2D eigenvalue weighted by molar-refractivity contribution is 7.91. The second-order valence-electron chi connectivity index (χ2n) is 8.45. The van der Waals surface area contributed by atoms with Crippen LogP contribution in [0.3, 0.4) is 0 Å². The van der Waals surface area contributed by atoms with Crippen molar-refractivity contribution in [3.63, 3.8) is 0 Å². The summed E-state index contributed by atoms with van der Waals surface area (Å²) < 4.78 is 25.5. The zero-order chi connectivity index (χ0) is 31.0. The number of nitroso groups, excluding NO2 is 1. The maximum Gasteiger partial charge on any atom is 0.330 e. The lowest BCUT2D eigenvalue weighted by Gasteiger charge is -2.22. The number of carbonyl (C=O) groups excluding carboxylic acids is 2. The highest BCUT2D eigenvalue weighted by atomic mass is 35.5. The zero-order valence-corrected chi connectivity index (χ0v) is 24.1. The molecule has 0 fully saturated rings. The number of carbonyl (C=O) groups is 4. The molecule has 0 aliphatic rings. The first-order chi connectivity index (χ1) is 19.3. The van der Waals surface area contributed by atoms with Crippen molar-refractivity contribution in [2.24, 2.45) is 5.73 Å². The van der Waals surface area contributed by atoms with Gasteiger partial charge in [0.1, 0.15) is 12.1 Å². The first kappa shape index (κ1) is 35.8. The van der Waals surface area contributed by atoms with Crippen LogP contribution >= 0.6 is 23.2 Å². The maximum atomic E-state index is 13.0. The number of aliphatic carboxylic acids is 2. The summed E-state index contributed by atoms with van der Waals surface area (Å²) in [5, 5.41) is 24.1. The van der Waals surface area contributed by atoms with Crippen LogP contribution in [0.4, 0.5) is 0 Å². The van der Waals surface area contributed by atoms with Crippen LogP contribution in [0.15, 0.2) is 30.3 Å². The highest BCUT2D eigenvalue weighted by Gasteiger charge is 2.31. The Morgan fingerprint density at radius 3 is 2.17 bits per heavy atom. The number of nitrogens with two attached hydrogens (primary N) is 1. The van der Waals surface area contributed by atoms with Crippen LogP contribution in [0.1, 0.15) is 24.4 Å². The van der Waals surface area contributed by atoms with E-state index in [1.54, 1.807) is 6.07 Å². The fraction of sp³-hybridized carbons (Fsp3) is 0.545. The summed E-state index contributed by atoms with van der Waals surface area (Å²) >= 11 is 11.2. The van der Waals surface area contributed by atoms with Gasteiger partial charge in [0.05, 0.1) is 36.1 Å². The van der Waals surface area contributed by atoms with Gasteiger partial charge in [0.25, 0.3) is 4.98 Å². The Balaban J connectivity index is 2.94. The molecule has 16 nitrogen and oxygen atoms in total. The largest absolute Gasteiger partial charge is 0.480 e. The van der Waals surface area contributed by atoms with Crippen LogP contribution in [-0.2, 0) is 33.9 Å². The van der Waals surface area contributed by atoms with Gasteiger partial charge < -0.3 is 26.6 Å². The molecule has 0 spiro atoms. The number of nitrogens with one attached hydrogen (secondary N) is 3. The number of rotatable bonds is 21. The Kier molecular flexibility index (Phi) is 15.9. The minimum atomic E-state index is -4.16. The molecule has 1 aromatic carbocycles. The lowest BCUT2D eigenvalue weighted by atomic mass is 10.1. The number of amides is 2. The molecular weight excluding hydrogens is 611 g/mol. The van der Waals surface area contributed by atoms with Gasteiger partial charge in [-0.1, -0.05) is 30.3 Å². The number of benzene rings is 1. The number of sulfone groups is 1. The molecule has 2 amide bonds. The molecule has 230 valence electrons. The number of carboxylic acids is 2. The molecule has 0 saturated heterocycles. The van der Waals surface area contributed by atoms with Gasteiger partial charge >= 0.3 is 11.9 Å². The van der Waals surface area contributed by atoms with Crippen LogP contribution in [0.2, 0.25) is 0 Å². The van der Waals surface area contributed by atoms with Crippen molar-refractivity contribution >= 4 is 56.8 Å². The quantitative estimate of drug-likeness (QED) is 0.0405. The van der Waals surface area contributed by atoms with Crippen LogP contribution in [-0.4, -0.2) is 107 Å². The van der Waals surface area contributed by atoms with Crippen LogP contribution in [0.25, 0.3) is 0 Å². The molecule has 0 unspecified atom stereocenters. The van der Waals surface area contributed by atoms with Crippen LogP contribution in [0, 0.1) is 4.91 Å². The van der Waals surface area contributed by atoms with Crippen LogP contribution in [0.5, 0.6) is 0 Å². The van der Waals surface area contributed by atoms with Gasteiger partial charge in [-0.2, -0.15) is 0 Å². The van der Waals surface area contributed by atoms with Crippen molar-refractivity contribution in [3.8, 4) is 0 Å². The average Bonchev–Trinajstić information content (AvgIpc) is 2.92. The van der Waals surface area contributed by atoms with Crippen molar-refractivity contribution < 1.29 is 47.6 Å². The van der Waals surface area contributed by atoms with Gasteiger partial charge in [0.15, 0.2) is 15.9 Å². The van der Waals surface area contributed by atoms with Gasteiger partial charge in [-0.3, -0.25) is 14.4 Å². The lowest BCUT2D eigenvalue weighted by Crippen LogP contribution is -2.52. The Bertz CT molecular complexity index is 1140. The molecule has 1 rings (SSSR count). The summed E-state index contributed by atoms with van der Waals surface area (Å²) in [4.78, 5) is 65.2. The summed E-state index contributed by atoms with van der Waals surface area (Å²) in [6.07, 6.45) is -0.758. The molecular formula is C22H33Cl2N6O10S+. The van der Waals surface area contributed by atoms with Crippen molar-refractivity contribution in [1.29, 1.82) is 0 Å². The molecule has 0 heterocycles. The van der Waals surface area contributed by atoms with Crippen LogP contribution < -0.4 is 22.0 Å². The first-order valence-corrected chi connectivity index (χ1v) is 15.0. The molecule has 0 aliphatic carbocycles. The van der Waals surface area contributed by atoms with E-state index in [1.807, 2.05) is 5.59 Å². The fourth-order valence-corrected chi connectivity index (χ4v) is 4.83. The highest BCUT2D eigenvalue weighted by Crippen LogP contribution is 2.13. The molecule has 19 heteroatoms.